The van der Waals surface area contributed by atoms with Gasteiger partial charge < -0.3 is 9.30 Å². The standard InChI is InChI=1S/C27H22FN5OS/c1-35-27-29-15-14-22(31-27)26-25(18-6-9-19(28)10-7-18)32-23-12-11-20(33(23)26)16-34-24-13-8-17-4-2-3-5-21(17)30-24/h2-10,13-15,20H,11-12,16H2,1H3. The number of hydrogen-bond acceptors (Lipinski definition) is 6. The Kier molecular flexibility index (Phi) is 5.66. The molecule has 6 nitrogen and oxygen atoms in total. The summed E-state index contributed by atoms with van der Waals surface area (Å²) in [5, 5.41) is 1.77. The molecule has 5 aromatic rings. The minimum atomic E-state index is -0.275. The van der Waals surface area contributed by atoms with Gasteiger partial charge >= 0.3 is 0 Å². The Morgan fingerprint density at radius 2 is 1.86 bits per heavy atom. The van der Waals surface area contributed by atoms with Gasteiger partial charge in [-0.2, -0.15) is 0 Å². The van der Waals surface area contributed by atoms with E-state index in [1.54, 1.807) is 18.3 Å². The van der Waals surface area contributed by atoms with Crippen molar-refractivity contribution in [1.29, 1.82) is 0 Å². The van der Waals surface area contributed by atoms with Crippen molar-refractivity contribution in [3.8, 4) is 28.5 Å². The number of thioether (sulfide) groups is 1. The molecule has 3 aromatic heterocycles. The largest absolute Gasteiger partial charge is 0.475 e. The molecule has 1 aliphatic heterocycles. The SMILES string of the molecule is CSc1nccc(-c2c(-c3ccc(F)cc3)nc3n2C(COc2ccc4ccccc4n2)CC3)n1. The van der Waals surface area contributed by atoms with Crippen LogP contribution in [-0.4, -0.2) is 37.4 Å². The van der Waals surface area contributed by atoms with Crippen LogP contribution in [0.5, 0.6) is 5.88 Å². The van der Waals surface area contributed by atoms with Gasteiger partial charge in [-0.05, 0) is 55.1 Å². The van der Waals surface area contributed by atoms with Crippen LogP contribution in [-0.2, 0) is 6.42 Å². The highest BCUT2D eigenvalue weighted by molar-refractivity contribution is 7.98. The summed E-state index contributed by atoms with van der Waals surface area (Å²) in [4.78, 5) is 18.7. The van der Waals surface area contributed by atoms with E-state index in [-0.39, 0.29) is 11.9 Å². The lowest BCUT2D eigenvalue weighted by Gasteiger charge is -2.18. The van der Waals surface area contributed by atoms with E-state index in [0.717, 1.165) is 52.2 Å². The minimum absolute atomic E-state index is 0.0719. The number of pyridine rings is 1. The zero-order chi connectivity index (χ0) is 23.8. The first-order valence-corrected chi connectivity index (χ1v) is 12.6. The summed E-state index contributed by atoms with van der Waals surface area (Å²) in [6.07, 6.45) is 5.46. The van der Waals surface area contributed by atoms with Gasteiger partial charge in [0.15, 0.2) is 5.16 Å². The second-order valence-corrected chi connectivity index (χ2v) is 9.15. The Morgan fingerprint density at radius 1 is 1.00 bits per heavy atom. The van der Waals surface area contributed by atoms with Crippen molar-refractivity contribution in [2.24, 2.45) is 0 Å². The third kappa shape index (κ3) is 4.14. The summed E-state index contributed by atoms with van der Waals surface area (Å²) in [6.45, 7) is 0.463. The molecule has 0 bridgehead atoms. The van der Waals surface area contributed by atoms with Crippen molar-refractivity contribution in [2.45, 2.75) is 24.0 Å². The topological polar surface area (TPSA) is 65.7 Å². The normalized spacial score (nSPS) is 14.9. The van der Waals surface area contributed by atoms with E-state index in [4.69, 9.17) is 14.7 Å². The third-order valence-electron chi connectivity index (χ3n) is 6.22. The minimum Gasteiger partial charge on any atom is -0.475 e. The number of aryl methyl sites for hydroxylation is 1. The Hall–Kier alpha value is -3.78. The first-order chi connectivity index (χ1) is 17.2. The molecule has 35 heavy (non-hydrogen) atoms. The molecule has 174 valence electrons. The van der Waals surface area contributed by atoms with E-state index in [1.807, 2.05) is 48.7 Å². The molecular weight excluding hydrogens is 461 g/mol. The van der Waals surface area contributed by atoms with Crippen molar-refractivity contribution in [3.05, 3.63) is 84.6 Å². The number of imidazole rings is 1. The Balaban J connectivity index is 1.38. The highest BCUT2D eigenvalue weighted by Gasteiger charge is 2.31. The van der Waals surface area contributed by atoms with Crippen LogP contribution in [0.3, 0.4) is 0 Å². The number of hydrogen-bond donors (Lipinski definition) is 0. The van der Waals surface area contributed by atoms with Crippen molar-refractivity contribution in [2.75, 3.05) is 12.9 Å². The molecular formula is C27H22FN5OS. The molecule has 0 aliphatic carbocycles. The maximum absolute atomic E-state index is 13.6. The van der Waals surface area contributed by atoms with Crippen molar-refractivity contribution < 1.29 is 9.13 Å². The second kappa shape index (κ2) is 9.11. The van der Waals surface area contributed by atoms with Crippen molar-refractivity contribution in [3.63, 3.8) is 0 Å². The van der Waals surface area contributed by atoms with E-state index >= 15 is 0 Å². The van der Waals surface area contributed by atoms with E-state index < -0.39 is 0 Å². The number of benzene rings is 2. The number of halogens is 1. The van der Waals surface area contributed by atoms with Gasteiger partial charge in [0.05, 0.1) is 28.6 Å². The van der Waals surface area contributed by atoms with Gasteiger partial charge in [0.25, 0.3) is 0 Å². The monoisotopic (exact) mass is 483 g/mol. The summed E-state index contributed by atoms with van der Waals surface area (Å²) in [7, 11) is 0. The molecule has 0 saturated carbocycles. The van der Waals surface area contributed by atoms with E-state index in [2.05, 4.69) is 14.5 Å². The molecule has 0 amide bonds. The molecule has 0 saturated heterocycles. The van der Waals surface area contributed by atoms with Crippen LogP contribution in [0.25, 0.3) is 33.5 Å². The van der Waals surface area contributed by atoms with Gasteiger partial charge in [0.1, 0.15) is 18.2 Å². The first kappa shape index (κ1) is 21.7. The number of nitrogens with zero attached hydrogens (tertiary/aromatic N) is 5. The van der Waals surface area contributed by atoms with Gasteiger partial charge in [-0.3, -0.25) is 0 Å². The summed E-state index contributed by atoms with van der Waals surface area (Å²) in [6, 6.07) is 20.3. The summed E-state index contributed by atoms with van der Waals surface area (Å²) >= 11 is 1.49. The summed E-state index contributed by atoms with van der Waals surface area (Å²) in [5.41, 5.74) is 4.24. The van der Waals surface area contributed by atoms with Gasteiger partial charge in [0.2, 0.25) is 5.88 Å². The number of fused-ring (bicyclic) bond motifs is 2. The Labute approximate surface area is 206 Å². The van der Waals surface area contributed by atoms with Crippen LogP contribution in [0.2, 0.25) is 0 Å². The molecule has 4 heterocycles. The third-order valence-corrected chi connectivity index (χ3v) is 6.79. The molecule has 0 radical (unpaired) electrons. The molecule has 1 atom stereocenters. The van der Waals surface area contributed by atoms with Crippen LogP contribution in [0.4, 0.5) is 4.39 Å². The lowest BCUT2D eigenvalue weighted by atomic mass is 10.1. The molecule has 0 N–H and O–H groups in total. The summed E-state index contributed by atoms with van der Waals surface area (Å²) < 4.78 is 22.0. The van der Waals surface area contributed by atoms with Crippen LogP contribution in [0.1, 0.15) is 18.3 Å². The zero-order valence-electron chi connectivity index (χ0n) is 19.1. The van der Waals surface area contributed by atoms with Crippen LogP contribution < -0.4 is 4.74 Å². The van der Waals surface area contributed by atoms with E-state index in [0.29, 0.717) is 17.6 Å². The first-order valence-electron chi connectivity index (χ1n) is 11.4. The number of rotatable bonds is 6. The number of ether oxygens (including phenoxy) is 1. The van der Waals surface area contributed by atoms with Crippen molar-refractivity contribution >= 4 is 22.7 Å². The van der Waals surface area contributed by atoms with Crippen LogP contribution in [0.15, 0.2) is 78.1 Å². The fourth-order valence-corrected chi connectivity index (χ4v) is 4.92. The molecule has 1 aliphatic rings. The molecule has 6 rings (SSSR count). The zero-order valence-corrected chi connectivity index (χ0v) is 19.9. The number of aromatic nitrogens is 5. The predicted molar refractivity (Wildman–Crippen MR) is 135 cm³/mol. The fraction of sp³-hybridized carbons (Fsp3) is 0.185. The maximum atomic E-state index is 13.6. The lowest BCUT2D eigenvalue weighted by Crippen LogP contribution is -2.15. The van der Waals surface area contributed by atoms with E-state index in [9.17, 15) is 4.39 Å². The molecule has 0 fully saturated rings. The molecule has 8 heteroatoms. The van der Waals surface area contributed by atoms with Gasteiger partial charge in [-0.1, -0.05) is 30.0 Å². The highest BCUT2D eigenvalue weighted by atomic mass is 32.2. The molecule has 0 spiro atoms. The molecule has 2 aromatic carbocycles. The average molecular weight is 484 g/mol. The predicted octanol–water partition coefficient (Wildman–Crippen LogP) is 5.98. The number of para-hydroxylation sites is 1. The molecule has 1 unspecified atom stereocenters. The maximum Gasteiger partial charge on any atom is 0.213 e. The summed E-state index contributed by atoms with van der Waals surface area (Å²) in [5.74, 6) is 1.30. The highest BCUT2D eigenvalue weighted by Crippen LogP contribution is 2.39. The fourth-order valence-electron chi connectivity index (χ4n) is 4.57. The van der Waals surface area contributed by atoms with Gasteiger partial charge in [-0.15, -0.1) is 0 Å². The smallest absolute Gasteiger partial charge is 0.213 e. The van der Waals surface area contributed by atoms with E-state index in [1.165, 1.54) is 23.9 Å². The van der Waals surface area contributed by atoms with Gasteiger partial charge in [-0.25, -0.2) is 24.3 Å². The van der Waals surface area contributed by atoms with Gasteiger partial charge in [0, 0.05) is 29.6 Å². The lowest BCUT2D eigenvalue weighted by molar-refractivity contribution is 0.248. The average Bonchev–Trinajstić information content (AvgIpc) is 3.47. The quantitative estimate of drug-likeness (QED) is 0.219. The second-order valence-electron chi connectivity index (χ2n) is 8.38. The van der Waals surface area contributed by atoms with Crippen LogP contribution >= 0.6 is 11.8 Å². The van der Waals surface area contributed by atoms with Crippen molar-refractivity contribution in [1.82, 2.24) is 24.5 Å². The Bertz CT molecular complexity index is 1520. The van der Waals surface area contributed by atoms with Crippen LogP contribution in [0, 0.1) is 5.82 Å². The Morgan fingerprint density at radius 3 is 2.71 bits per heavy atom.